The predicted molar refractivity (Wildman–Crippen MR) is 180 cm³/mol. The van der Waals surface area contributed by atoms with Crippen molar-refractivity contribution in [2.45, 2.75) is 198 Å². The van der Waals surface area contributed by atoms with E-state index in [0.717, 1.165) is 38.5 Å². The van der Waals surface area contributed by atoms with E-state index in [-0.39, 0.29) is 12.5 Å². The van der Waals surface area contributed by atoms with E-state index < -0.39 is 49.5 Å². The highest BCUT2D eigenvalue weighted by Crippen LogP contribution is 2.22. The van der Waals surface area contributed by atoms with Crippen molar-refractivity contribution < 1.29 is 39.8 Å². The molecule has 0 radical (unpaired) electrons. The molecule has 1 aliphatic rings. The van der Waals surface area contributed by atoms with Crippen LogP contribution in [0.3, 0.4) is 0 Å². The summed E-state index contributed by atoms with van der Waals surface area (Å²) in [4.78, 5) is 12.8. The molecule has 7 unspecified atom stereocenters. The normalized spacial score (nSPS) is 23.4. The minimum Gasteiger partial charge on any atom is -0.394 e. The lowest BCUT2D eigenvalue weighted by atomic mass is 9.99. The van der Waals surface area contributed by atoms with Crippen molar-refractivity contribution in [1.29, 1.82) is 0 Å². The zero-order valence-electron chi connectivity index (χ0n) is 28.6. The summed E-state index contributed by atoms with van der Waals surface area (Å²) in [6.45, 7) is 3.69. The smallest absolute Gasteiger partial charge is 0.220 e. The van der Waals surface area contributed by atoms with Crippen molar-refractivity contribution >= 4 is 5.91 Å². The highest BCUT2D eigenvalue weighted by molar-refractivity contribution is 5.76. The summed E-state index contributed by atoms with van der Waals surface area (Å²) in [7, 11) is 0. The molecule has 9 heteroatoms. The molecule has 0 aromatic heterocycles. The Kier molecular flexibility index (Phi) is 26.1. The molecule has 7 atom stereocenters. The highest BCUT2D eigenvalue weighted by atomic mass is 16.7. The van der Waals surface area contributed by atoms with Gasteiger partial charge in [-0.25, -0.2) is 0 Å². The lowest BCUT2D eigenvalue weighted by Gasteiger charge is -2.40. The van der Waals surface area contributed by atoms with E-state index in [2.05, 4.69) is 19.2 Å². The predicted octanol–water partition coefficient (Wildman–Crippen LogP) is 5.83. The SMILES string of the molecule is CCCCCCC/C=C/C(O)C(COC1OC(CO)C(O)C(O)C1O)NC(=O)CCCCCCCCCCCCCCCCC. The number of carbonyl (C=O) groups is 1. The van der Waals surface area contributed by atoms with Crippen LogP contribution in [0.4, 0.5) is 0 Å². The Morgan fingerprint density at radius 1 is 0.733 bits per heavy atom. The van der Waals surface area contributed by atoms with Gasteiger partial charge >= 0.3 is 0 Å². The lowest BCUT2D eigenvalue weighted by molar-refractivity contribution is -0.302. The van der Waals surface area contributed by atoms with Crippen LogP contribution in [-0.4, -0.2) is 87.5 Å². The summed E-state index contributed by atoms with van der Waals surface area (Å²) in [5.74, 6) is -0.181. The van der Waals surface area contributed by atoms with E-state index >= 15 is 0 Å². The van der Waals surface area contributed by atoms with E-state index in [0.29, 0.717) is 6.42 Å². The molecule has 1 rings (SSSR count). The quantitative estimate of drug-likeness (QED) is 0.0441. The Labute approximate surface area is 274 Å². The topological polar surface area (TPSA) is 149 Å². The summed E-state index contributed by atoms with van der Waals surface area (Å²) in [5.41, 5.74) is 0. The van der Waals surface area contributed by atoms with Crippen molar-refractivity contribution in [2.24, 2.45) is 0 Å². The molecule has 1 amide bonds. The molecule has 1 fully saturated rings. The summed E-state index contributed by atoms with van der Waals surface area (Å²) in [6, 6.07) is -0.794. The fraction of sp³-hybridized carbons (Fsp3) is 0.917. The number of carbonyl (C=O) groups excluding carboxylic acids is 1. The minimum atomic E-state index is -1.56. The number of ether oxygens (including phenoxy) is 2. The number of aliphatic hydroxyl groups excluding tert-OH is 5. The average Bonchev–Trinajstić information content (AvgIpc) is 3.04. The fourth-order valence-corrected chi connectivity index (χ4v) is 5.80. The van der Waals surface area contributed by atoms with Crippen LogP contribution in [-0.2, 0) is 14.3 Å². The standard InChI is InChI=1S/C36H69NO8/c1-3-5-7-9-11-12-13-14-15-16-17-18-20-22-24-26-32(40)37-29(30(39)25-23-21-19-10-8-6-4-2)28-44-36-35(43)34(42)33(41)31(27-38)45-36/h23,25,29-31,33-36,38-39,41-43H,3-22,24,26-28H2,1-2H3,(H,37,40)/b25-23+. The molecular formula is C36H69NO8. The van der Waals surface area contributed by atoms with Crippen LogP contribution in [0, 0.1) is 0 Å². The average molecular weight is 644 g/mol. The monoisotopic (exact) mass is 644 g/mol. The molecular weight excluding hydrogens is 574 g/mol. The molecule has 0 spiro atoms. The van der Waals surface area contributed by atoms with E-state index in [1.165, 1.54) is 96.3 Å². The number of amides is 1. The molecule has 9 nitrogen and oxygen atoms in total. The number of unbranched alkanes of at least 4 members (excludes halogenated alkanes) is 19. The Morgan fingerprint density at radius 3 is 1.73 bits per heavy atom. The molecule has 1 heterocycles. The number of aliphatic hydroxyl groups is 5. The Hall–Kier alpha value is -1.07. The van der Waals surface area contributed by atoms with Crippen molar-refractivity contribution in [2.75, 3.05) is 13.2 Å². The van der Waals surface area contributed by atoms with Crippen LogP contribution >= 0.6 is 0 Å². The van der Waals surface area contributed by atoms with Crippen LogP contribution < -0.4 is 5.32 Å². The third kappa shape index (κ3) is 20.0. The van der Waals surface area contributed by atoms with Gasteiger partial charge in [0.2, 0.25) is 5.91 Å². The maximum absolute atomic E-state index is 12.8. The van der Waals surface area contributed by atoms with Crippen molar-refractivity contribution in [3.63, 3.8) is 0 Å². The third-order valence-electron chi connectivity index (χ3n) is 8.86. The second-order valence-corrected chi connectivity index (χ2v) is 13.0. The van der Waals surface area contributed by atoms with Gasteiger partial charge in [0.25, 0.3) is 0 Å². The Morgan fingerprint density at radius 2 is 1.22 bits per heavy atom. The van der Waals surface area contributed by atoms with E-state index in [9.17, 15) is 30.3 Å². The van der Waals surface area contributed by atoms with Gasteiger partial charge in [0.1, 0.15) is 24.4 Å². The molecule has 0 saturated carbocycles. The summed E-state index contributed by atoms with van der Waals surface area (Å²) >= 11 is 0. The third-order valence-corrected chi connectivity index (χ3v) is 8.86. The molecule has 6 N–H and O–H groups in total. The molecule has 1 saturated heterocycles. The van der Waals surface area contributed by atoms with E-state index in [1.807, 2.05) is 6.08 Å². The zero-order chi connectivity index (χ0) is 33.1. The molecule has 0 aromatic rings. The van der Waals surface area contributed by atoms with E-state index in [4.69, 9.17) is 9.47 Å². The summed E-state index contributed by atoms with van der Waals surface area (Å²) in [5, 5.41) is 53.6. The first-order valence-electron chi connectivity index (χ1n) is 18.4. The molecule has 0 aliphatic carbocycles. The van der Waals surface area contributed by atoms with Crippen molar-refractivity contribution in [3.8, 4) is 0 Å². The number of allylic oxidation sites excluding steroid dienone is 1. The Bertz CT molecular complexity index is 721. The van der Waals surface area contributed by atoms with Gasteiger partial charge in [-0.15, -0.1) is 0 Å². The Balaban J connectivity index is 2.39. The largest absolute Gasteiger partial charge is 0.394 e. The van der Waals surface area contributed by atoms with Crippen LogP contribution in [0.2, 0.25) is 0 Å². The van der Waals surface area contributed by atoms with Gasteiger partial charge in [-0.05, 0) is 19.3 Å². The second-order valence-electron chi connectivity index (χ2n) is 13.0. The number of hydrogen-bond donors (Lipinski definition) is 6. The van der Waals surface area contributed by atoms with Crippen LogP contribution in [0.15, 0.2) is 12.2 Å². The van der Waals surface area contributed by atoms with Gasteiger partial charge in [-0.2, -0.15) is 0 Å². The summed E-state index contributed by atoms with van der Waals surface area (Å²) in [6.07, 6.45) is 21.3. The molecule has 0 bridgehead atoms. The van der Waals surface area contributed by atoms with Crippen molar-refractivity contribution in [3.05, 3.63) is 12.2 Å². The van der Waals surface area contributed by atoms with Gasteiger partial charge in [-0.1, -0.05) is 142 Å². The fourth-order valence-electron chi connectivity index (χ4n) is 5.80. The van der Waals surface area contributed by atoms with Gasteiger partial charge < -0.3 is 40.3 Å². The first kappa shape index (κ1) is 42.0. The van der Waals surface area contributed by atoms with Gasteiger partial charge in [-0.3, -0.25) is 4.79 Å². The summed E-state index contributed by atoms with van der Waals surface area (Å²) < 4.78 is 11.1. The maximum Gasteiger partial charge on any atom is 0.220 e. The molecule has 0 aromatic carbocycles. The minimum absolute atomic E-state index is 0.181. The van der Waals surface area contributed by atoms with Crippen LogP contribution in [0.1, 0.15) is 155 Å². The zero-order valence-corrected chi connectivity index (χ0v) is 28.6. The second kappa shape index (κ2) is 28.0. The first-order chi connectivity index (χ1) is 21.8. The molecule has 1 aliphatic heterocycles. The first-order valence-corrected chi connectivity index (χ1v) is 18.4. The van der Waals surface area contributed by atoms with E-state index in [1.54, 1.807) is 6.08 Å². The van der Waals surface area contributed by atoms with Crippen LogP contribution in [0.5, 0.6) is 0 Å². The molecule has 266 valence electrons. The number of rotatable bonds is 29. The van der Waals surface area contributed by atoms with Gasteiger partial charge in [0.05, 0.1) is 25.4 Å². The highest BCUT2D eigenvalue weighted by Gasteiger charge is 2.44. The maximum atomic E-state index is 12.8. The van der Waals surface area contributed by atoms with Crippen molar-refractivity contribution in [1.82, 2.24) is 5.32 Å². The lowest BCUT2D eigenvalue weighted by Crippen LogP contribution is -2.60. The van der Waals surface area contributed by atoms with Crippen LogP contribution in [0.25, 0.3) is 0 Å². The van der Waals surface area contributed by atoms with Gasteiger partial charge in [0, 0.05) is 6.42 Å². The number of hydrogen-bond acceptors (Lipinski definition) is 8. The van der Waals surface area contributed by atoms with Gasteiger partial charge in [0.15, 0.2) is 6.29 Å². The molecule has 45 heavy (non-hydrogen) atoms. The number of nitrogens with one attached hydrogen (secondary N) is 1.